The summed E-state index contributed by atoms with van der Waals surface area (Å²) in [4.78, 5) is 5.54. The number of fused-ring (bicyclic) bond motifs is 17. The van der Waals surface area contributed by atoms with Gasteiger partial charge in [0.15, 0.2) is 5.76 Å². The highest BCUT2D eigenvalue weighted by molar-refractivity contribution is 7.36. The number of aliphatic imine (C=N–C) groups is 1. The Labute approximate surface area is 421 Å². The first-order chi connectivity index (χ1) is 35.5. The Balaban J connectivity index is 0.987. The van der Waals surface area contributed by atoms with Crippen molar-refractivity contribution >= 4 is 68.2 Å². The van der Waals surface area contributed by atoms with Gasteiger partial charge in [0, 0.05) is 16.1 Å². The minimum absolute atomic E-state index is 0.228. The van der Waals surface area contributed by atoms with Crippen molar-refractivity contribution < 1.29 is 4.42 Å². The molecule has 0 bridgehead atoms. The van der Waals surface area contributed by atoms with Crippen LogP contribution in [0.5, 0.6) is 0 Å². The number of hydrogen-bond donors (Lipinski definition) is 0. The zero-order valence-corrected chi connectivity index (χ0v) is 41.1. The van der Waals surface area contributed by atoms with E-state index in [2.05, 4.69) is 226 Å². The van der Waals surface area contributed by atoms with E-state index in [1.54, 1.807) is 0 Å². The molecule has 0 fully saturated rings. The number of hydrogen-bond acceptors (Lipinski definition) is 2. The summed E-state index contributed by atoms with van der Waals surface area (Å²) in [5.41, 5.74) is 20.1. The van der Waals surface area contributed by atoms with E-state index in [-0.39, 0.29) is 5.92 Å². The van der Waals surface area contributed by atoms with Crippen molar-refractivity contribution in [2.45, 2.75) is 25.7 Å². The fourth-order valence-electron chi connectivity index (χ4n) is 12.3. The molecule has 0 radical (unpaired) electrons. The first-order valence-corrected chi connectivity index (χ1v) is 26.1. The average molecular weight is 938 g/mol. The topological polar surface area (TPSA) is 25.5 Å². The predicted molar refractivity (Wildman–Crippen MR) is 305 cm³/mol. The average Bonchev–Trinajstić information content (AvgIpc) is 4.08. The highest BCUT2D eigenvalue weighted by Gasteiger charge is 2.52. The van der Waals surface area contributed by atoms with E-state index in [0.717, 1.165) is 56.6 Å². The zero-order chi connectivity index (χ0) is 48.1. The van der Waals surface area contributed by atoms with Crippen molar-refractivity contribution in [3.63, 3.8) is 0 Å². The molecule has 2 heterocycles. The maximum absolute atomic E-state index is 7.00. The van der Waals surface area contributed by atoms with Gasteiger partial charge in [0.2, 0.25) is 0 Å². The Morgan fingerprint density at radius 3 is 1.85 bits per heavy atom. The fourth-order valence-corrected chi connectivity index (χ4v) is 13.3. The zero-order valence-electron chi connectivity index (χ0n) is 40.2. The van der Waals surface area contributed by atoms with Crippen LogP contribution >= 0.6 is 8.19 Å². The van der Waals surface area contributed by atoms with E-state index >= 15 is 0 Å². The van der Waals surface area contributed by atoms with Crippen molar-refractivity contribution in [2.24, 2.45) is 10.9 Å². The molecule has 0 amide bonds. The minimum Gasteiger partial charge on any atom is -0.454 e. The summed E-state index contributed by atoms with van der Waals surface area (Å²) >= 11 is 0. The molecule has 2 aliphatic carbocycles. The van der Waals surface area contributed by atoms with Crippen LogP contribution in [0.3, 0.4) is 0 Å². The Kier molecular flexibility index (Phi) is 9.79. The third-order valence-corrected chi connectivity index (χ3v) is 16.9. The lowest BCUT2D eigenvalue weighted by atomic mass is 9.70. The second-order valence-electron chi connectivity index (χ2n) is 19.5. The molecule has 1 atom stereocenters. The van der Waals surface area contributed by atoms with Crippen LogP contribution in [0.15, 0.2) is 240 Å². The van der Waals surface area contributed by atoms with Crippen LogP contribution in [0.25, 0.3) is 93.1 Å². The molecule has 10 aromatic carbocycles. The molecule has 14 rings (SSSR count). The summed E-state index contributed by atoms with van der Waals surface area (Å²) in [6.45, 7) is 9.10. The Morgan fingerprint density at radius 2 is 1.08 bits per heavy atom. The van der Waals surface area contributed by atoms with Gasteiger partial charge in [0.25, 0.3) is 0 Å². The summed E-state index contributed by atoms with van der Waals surface area (Å²) in [6, 6.07) is 80.5. The van der Waals surface area contributed by atoms with Crippen molar-refractivity contribution in [3.8, 4) is 44.5 Å². The van der Waals surface area contributed by atoms with Crippen LogP contribution in [0, 0.1) is 5.92 Å². The van der Waals surface area contributed by atoms with Crippen molar-refractivity contribution in [1.29, 1.82) is 0 Å². The van der Waals surface area contributed by atoms with Gasteiger partial charge in [-0.15, -0.1) is 0 Å². The summed E-state index contributed by atoms with van der Waals surface area (Å²) in [5, 5.41) is 8.89. The molecule has 0 saturated heterocycles. The first-order valence-electron chi connectivity index (χ1n) is 25.1. The summed E-state index contributed by atoms with van der Waals surface area (Å²) in [7, 11) is 1.23. The largest absolute Gasteiger partial charge is 0.454 e. The summed E-state index contributed by atoms with van der Waals surface area (Å²) in [5.74, 6) is 3.17. The van der Waals surface area contributed by atoms with Gasteiger partial charge in [-0.05, 0) is 147 Å². The van der Waals surface area contributed by atoms with E-state index in [4.69, 9.17) is 9.41 Å². The van der Waals surface area contributed by atoms with Gasteiger partial charge in [-0.3, -0.25) is 0 Å². The lowest BCUT2D eigenvalue weighted by Gasteiger charge is -2.31. The van der Waals surface area contributed by atoms with Gasteiger partial charge in [-0.2, -0.15) is 0 Å². The standard InChI is InChI=1S/C69H48NOP/c1-4-42(2)65(45-21-9-6-10-22-45)70-66-57-37-33-47(41-63(57)71-67(66)43(3)44-19-7-5-8-20-44)46-32-36-56-62(40-46)69(59-29-15-13-24-52(59)53-25-14-16-30-60(53)69)61-31-17-27-49(64(56)61)48-34-35-51-50-23-11-12-26-54(50)68-55(58(51)39-48)28-18-38-72-68/h5-42H,3-4H2,1-2H3. The van der Waals surface area contributed by atoms with E-state index in [1.165, 1.54) is 95.9 Å². The highest BCUT2D eigenvalue weighted by atomic mass is 31.0. The quantitative estimate of drug-likeness (QED) is 0.110. The first kappa shape index (κ1) is 42.5. The fraction of sp³-hybridized carbons (Fsp3) is 0.0725. The third kappa shape index (κ3) is 6.22. The Morgan fingerprint density at radius 1 is 0.500 bits per heavy atom. The van der Waals surface area contributed by atoms with Crippen molar-refractivity contribution in [2.75, 3.05) is 0 Å². The third-order valence-electron chi connectivity index (χ3n) is 15.8. The molecular formula is C69H48NOP. The molecule has 2 aliphatic rings. The lowest BCUT2D eigenvalue weighted by molar-refractivity contribution is 0.601. The molecule has 0 N–H and O–H groups in total. The SMILES string of the molecule is C=C(c1ccccc1)c1oc2cc(-c3ccc4c(c3)C3(c5ccccc5-c5ccccc53)c3cccc(-c5ccc6c7ccccc7c7pcccc7c6c5)c3-4)ccc2c1N=C(c1ccccc1)C(C)CC. The maximum atomic E-state index is 7.00. The molecule has 2 aromatic heterocycles. The smallest absolute Gasteiger partial charge is 0.161 e. The van der Waals surface area contributed by atoms with Gasteiger partial charge in [0.05, 0.1) is 11.1 Å². The number of furan rings is 1. The second kappa shape index (κ2) is 16.6. The molecule has 340 valence electrons. The molecular weight excluding hydrogens is 890 g/mol. The Bertz CT molecular complexity index is 4160. The molecule has 0 saturated carbocycles. The van der Waals surface area contributed by atoms with Crippen molar-refractivity contribution in [3.05, 3.63) is 270 Å². The molecule has 0 aliphatic heterocycles. The molecule has 2 nitrogen and oxygen atoms in total. The lowest BCUT2D eigenvalue weighted by Crippen LogP contribution is -2.25. The summed E-state index contributed by atoms with van der Waals surface area (Å²) < 4.78 is 7.00. The van der Waals surface area contributed by atoms with Gasteiger partial charge >= 0.3 is 0 Å². The van der Waals surface area contributed by atoms with Gasteiger partial charge in [-0.25, -0.2) is 4.99 Å². The van der Waals surface area contributed by atoms with Crippen LogP contribution in [0.4, 0.5) is 5.69 Å². The van der Waals surface area contributed by atoms with Gasteiger partial charge in [0.1, 0.15) is 11.3 Å². The summed E-state index contributed by atoms with van der Waals surface area (Å²) in [6.07, 6.45) is 0.959. The predicted octanol–water partition coefficient (Wildman–Crippen LogP) is 19.4. The number of rotatable bonds is 8. The molecule has 3 heteroatoms. The normalized spacial score (nSPS) is 13.8. The van der Waals surface area contributed by atoms with Gasteiger partial charge < -0.3 is 4.42 Å². The van der Waals surface area contributed by atoms with Gasteiger partial charge in [-0.1, -0.05) is 223 Å². The van der Waals surface area contributed by atoms with Crippen LogP contribution in [-0.2, 0) is 5.41 Å². The van der Waals surface area contributed by atoms with Crippen LogP contribution in [-0.4, -0.2) is 5.71 Å². The van der Waals surface area contributed by atoms with E-state index in [9.17, 15) is 0 Å². The molecule has 72 heavy (non-hydrogen) atoms. The van der Waals surface area contributed by atoms with Crippen LogP contribution < -0.4 is 0 Å². The molecule has 1 spiro atoms. The number of benzene rings is 10. The minimum atomic E-state index is -0.533. The van der Waals surface area contributed by atoms with E-state index in [0.29, 0.717) is 5.76 Å². The second-order valence-corrected chi connectivity index (χ2v) is 20.5. The highest BCUT2D eigenvalue weighted by Crippen LogP contribution is 2.64. The van der Waals surface area contributed by atoms with Crippen LogP contribution in [0.2, 0.25) is 0 Å². The van der Waals surface area contributed by atoms with Crippen molar-refractivity contribution in [1.82, 2.24) is 0 Å². The molecule has 12 aromatic rings. The number of nitrogens with zero attached hydrogens (tertiary/aromatic N) is 1. The molecule has 1 unspecified atom stereocenters. The van der Waals surface area contributed by atoms with E-state index < -0.39 is 5.41 Å². The monoisotopic (exact) mass is 937 g/mol. The van der Waals surface area contributed by atoms with Crippen LogP contribution in [0.1, 0.15) is 59.4 Å². The maximum Gasteiger partial charge on any atom is 0.161 e. The Hall–Kier alpha value is -8.42. The van der Waals surface area contributed by atoms with E-state index in [1.807, 2.05) is 18.2 Å².